The summed E-state index contributed by atoms with van der Waals surface area (Å²) in [6.07, 6.45) is 5.26. The standard InChI is InChI=1S/C11H12BrFN2O/c1-16-4-2-3-9-6-14-11-10(13)5-8(12)7-15(9)11/h5-7H,2-4H2,1H3. The molecule has 0 amide bonds. The molecule has 2 rings (SSSR count). The number of fused-ring (bicyclic) bond motifs is 1. The zero-order valence-electron chi connectivity index (χ0n) is 8.91. The highest BCUT2D eigenvalue weighted by Crippen LogP contribution is 2.18. The van der Waals surface area contributed by atoms with Crippen LogP contribution in [0.3, 0.4) is 0 Å². The van der Waals surface area contributed by atoms with Crippen molar-refractivity contribution in [1.82, 2.24) is 9.38 Å². The Hall–Kier alpha value is -0.940. The van der Waals surface area contributed by atoms with Gasteiger partial charge in [0.25, 0.3) is 0 Å². The van der Waals surface area contributed by atoms with Crippen LogP contribution < -0.4 is 0 Å². The van der Waals surface area contributed by atoms with Gasteiger partial charge in [0.2, 0.25) is 0 Å². The fourth-order valence-corrected chi connectivity index (χ4v) is 2.05. The molecular weight excluding hydrogens is 275 g/mol. The van der Waals surface area contributed by atoms with Crippen LogP contribution >= 0.6 is 15.9 Å². The van der Waals surface area contributed by atoms with Gasteiger partial charge in [-0.05, 0) is 34.8 Å². The van der Waals surface area contributed by atoms with Crippen LogP contribution in [0.4, 0.5) is 4.39 Å². The van der Waals surface area contributed by atoms with Crippen LogP contribution in [0.15, 0.2) is 22.9 Å². The lowest BCUT2D eigenvalue weighted by molar-refractivity contribution is 0.195. The molecule has 0 fully saturated rings. The number of nitrogens with zero attached hydrogens (tertiary/aromatic N) is 2. The summed E-state index contributed by atoms with van der Waals surface area (Å²) in [5.74, 6) is -0.313. The Morgan fingerprint density at radius 2 is 2.38 bits per heavy atom. The van der Waals surface area contributed by atoms with Gasteiger partial charge in [-0.3, -0.25) is 0 Å². The van der Waals surface area contributed by atoms with Crippen molar-refractivity contribution in [2.75, 3.05) is 13.7 Å². The SMILES string of the molecule is COCCCc1cnc2c(F)cc(Br)cn12. The second kappa shape index (κ2) is 4.93. The number of methoxy groups -OCH3 is 1. The van der Waals surface area contributed by atoms with Crippen LogP contribution in [0, 0.1) is 5.82 Å². The second-order valence-corrected chi connectivity index (χ2v) is 4.46. The Morgan fingerprint density at radius 1 is 1.56 bits per heavy atom. The molecule has 86 valence electrons. The predicted molar refractivity (Wildman–Crippen MR) is 63.0 cm³/mol. The number of pyridine rings is 1. The second-order valence-electron chi connectivity index (χ2n) is 3.55. The van der Waals surface area contributed by atoms with E-state index in [1.54, 1.807) is 17.7 Å². The molecule has 0 atom stereocenters. The van der Waals surface area contributed by atoms with Crippen molar-refractivity contribution >= 4 is 21.6 Å². The molecule has 0 saturated carbocycles. The Balaban J connectivity index is 2.32. The summed E-state index contributed by atoms with van der Waals surface area (Å²) < 4.78 is 21.0. The molecule has 0 unspecified atom stereocenters. The number of ether oxygens (including phenoxy) is 1. The summed E-state index contributed by atoms with van der Waals surface area (Å²) in [6, 6.07) is 1.42. The fourth-order valence-electron chi connectivity index (χ4n) is 1.65. The largest absolute Gasteiger partial charge is 0.385 e. The maximum absolute atomic E-state index is 13.5. The molecule has 0 bridgehead atoms. The van der Waals surface area contributed by atoms with Crippen molar-refractivity contribution in [2.45, 2.75) is 12.8 Å². The monoisotopic (exact) mass is 286 g/mol. The molecule has 0 aromatic carbocycles. The Kier molecular flexibility index (Phi) is 3.56. The maximum atomic E-state index is 13.5. The van der Waals surface area contributed by atoms with Crippen molar-refractivity contribution in [3.63, 3.8) is 0 Å². The van der Waals surface area contributed by atoms with Crippen molar-refractivity contribution in [2.24, 2.45) is 0 Å². The highest BCUT2D eigenvalue weighted by Gasteiger charge is 2.08. The van der Waals surface area contributed by atoms with E-state index in [2.05, 4.69) is 20.9 Å². The number of imidazole rings is 1. The Labute approximate surface area is 101 Å². The van der Waals surface area contributed by atoms with Crippen molar-refractivity contribution in [3.8, 4) is 0 Å². The van der Waals surface area contributed by atoms with Crippen LogP contribution in [0.2, 0.25) is 0 Å². The minimum absolute atomic E-state index is 0.313. The topological polar surface area (TPSA) is 26.5 Å². The minimum Gasteiger partial charge on any atom is -0.385 e. The van der Waals surface area contributed by atoms with Gasteiger partial charge in [-0.1, -0.05) is 0 Å². The minimum atomic E-state index is -0.313. The highest BCUT2D eigenvalue weighted by molar-refractivity contribution is 9.10. The first-order chi connectivity index (χ1) is 7.72. The number of hydrogen-bond donors (Lipinski definition) is 0. The van der Waals surface area contributed by atoms with E-state index >= 15 is 0 Å². The Bertz CT molecular complexity index is 498. The van der Waals surface area contributed by atoms with E-state index in [-0.39, 0.29) is 5.82 Å². The van der Waals surface area contributed by atoms with Gasteiger partial charge >= 0.3 is 0 Å². The molecule has 3 nitrogen and oxygen atoms in total. The van der Waals surface area contributed by atoms with Crippen molar-refractivity contribution < 1.29 is 9.13 Å². The zero-order chi connectivity index (χ0) is 11.5. The van der Waals surface area contributed by atoms with Gasteiger partial charge in [-0.2, -0.15) is 0 Å². The fraction of sp³-hybridized carbons (Fsp3) is 0.364. The van der Waals surface area contributed by atoms with Crippen molar-refractivity contribution in [1.29, 1.82) is 0 Å². The molecule has 5 heteroatoms. The summed E-state index contributed by atoms with van der Waals surface area (Å²) in [6.45, 7) is 0.698. The van der Waals surface area contributed by atoms with E-state index in [1.807, 2.05) is 6.20 Å². The molecule has 0 radical (unpaired) electrons. The first-order valence-electron chi connectivity index (χ1n) is 5.02. The molecule has 2 heterocycles. The van der Waals surface area contributed by atoms with Crippen LogP contribution in [0.5, 0.6) is 0 Å². The summed E-state index contributed by atoms with van der Waals surface area (Å²) in [5.41, 5.74) is 1.36. The van der Waals surface area contributed by atoms with Gasteiger partial charge < -0.3 is 9.14 Å². The summed E-state index contributed by atoms with van der Waals surface area (Å²) in [4.78, 5) is 4.06. The van der Waals surface area contributed by atoms with Crippen LogP contribution in [-0.4, -0.2) is 23.1 Å². The quantitative estimate of drug-likeness (QED) is 0.808. The molecule has 0 N–H and O–H groups in total. The van der Waals surface area contributed by atoms with E-state index in [0.29, 0.717) is 16.7 Å². The first-order valence-corrected chi connectivity index (χ1v) is 5.81. The lowest BCUT2D eigenvalue weighted by atomic mass is 10.2. The first kappa shape index (κ1) is 11.5. The van der Waals surface area contributed by atoms with Gasteiger partial charge in [0.05, 0.1) is 0 Å². The molecule has 0 spiro atoms. The third-order valence-electron chi connectivity index (χ3n) is 2.39. The molecular formula is C11H12BrFN2O. The van der Waals surface area contributed by atoms with Crippen molar-refractivity contribution in [3.05, 3.63) is 34.4 Å². The van der Waals surface area contributed by atoms with Crippen LogP contribution in [-0.2, 0) is 11.2 Å². The lowest BCUT2D eigenvalue weighted by Crippen LogP contribution is -1.97. The van der Waals surface area contributed by atoms with Gasteiger partial charge in [-0.15, -0.1) is 0 Å². The van der Waals surface area contributed by atoms with Gasteiger partial charge in [-0.25, -0.2) is 9.37 Å². The van der Waals surface area contributed by atoms with E-state index in [9.17, 15) is 4.39 Å². The summed E-state index contributed by atoms with van der Waals surface area (Å²) in [7, 11) is 1.67. The number of aryl methyl sites for hydroxylation is 1. The number of aromatic nitrogens is 2. The summed E-state index contributed by atoms with van der Waals surface area (Å²) >= 11 is 3.27. The van der Waals surface area contributed by atoms with Crippen LogP contribution in [0.25, 0.3) is 5.65 Å². The molecule has 0 aliphatic carbocycles. The van der Waals surface area contributed by atoms with Gasteiger partial charge in [0.1, 0.15) is 0 Å². The molecule has 0 aliphatic heterocycles. The third-order valence-corrected chi connectivity index (χ3v) is 2.82. The lowest BCUT2D eigenvalue weighted by Gasteiger charge is -2.02. The third kappa shape index (κ3) is 2.25. The number of hydrogen-bond acceptors (Lipinski definition) is 2. The molecule has 0 aliphatic rings. The number of halogens is 2. The molecule has 0 saturated heterocycles. The average Bonchev–Trinajstić information content (AvgIpc) is 2.62. The van der Waals surface area contributed by atoms with Gasteiger partial charge in [0, 0.05) is 36.3 Å². The molecule has 16 heavy (non-hydrogen) atoms. The highest BCUT2D eigenvalue weighted by atomic mass is 79.9. The Morgan fingerprint density at radius 3 is 3.12 bits per heavy atom. The molecule has 2 aromatic heterocycles. The van der Waals surface area contributed by atoms with E-state index < -0.39 is 0 Å². The summed E-state index contributed by atoms with van der Waals surface area (Å²) in [5, 5.41) is 0. The average molecular weight is 287 g/mol. The smallest absolute Gasteiger partial charge is 0.173 e. The van der Waals surface area contributed by atoms with E-state index in [1.165, 1.54) is 6.07 Å². The van der Waals surface area contributed by atoms with E-state index in [4.69, 9.17) is 4.74 Å². The molecule has 2 aromatic rings. The van der Waals surface area contributed by atoms with Gasteiger partial charge in [0.15, 0.2) is 11.5 Å². The maximum Gasteiger partial charge on any atom is 0.173 e. The van der Waals surface area contributed by atoms with Crippen LogP contribution in [0.1, 0.15) is 12.1 Å². The predicted octanol–water partition coefficient (Wildman–Crippen LogP) is 2.81. The zero-order valence-corrected chi connectivity index (χ0v) is 10.5. The number of rotatable bonds is 4. The normalized spacial score (nSPS) is 11.2. The van der Waals surface area contributed by atoms with E-state index in [0.717, 1.165) is 18.5 Å².